The van der Waals surface area contributed by atoms with E-state index in [1.165, 1.54) is 0 Å². The van der Waals surface area contributed by atoms with Crippen LogP contribution < -0.4 is 4.72 Å². The highest BCUT2D eigenvalue weighted by atomic mass is 35.5. The van der Waals surface area contributed by atoms with Gasteiger partial charge in [-0.05, 0) is 24.5 Å². The van der Waals surface area contributed by atoms with Crippen LogP contribution in [0.2, 0.25) is 5.02 Å². The molecule has 1 aromatic carbocycles. The van der Waals surface area contributed by atoms with Crippen LogP contribution in [0, 0.1) is 0 Å². The van der Waals surface area contributed by atoms with E-state index in [2.05, 4.69) is 9.88 Å². The molecule has 0 fully saturated rings. The molecule has 108 valence electrons. The number of aryl methyl sites for hydroxylation is 1. The second-order valence-corrected chi connectivity index (χ2v) is 6.60. The van der Waals surface area contributed by atoms with Crippen LogP contribution in [0.1, 0.15) is 17.5 Å². The number of halogens is 1. The first-order valence-corrected chi connectivity index (χ1v) is 8.19. The minimum Gasteiger partial charge on any atom is -0.364 e. The van der Waals surface area contributed by atoms with E-state index in [0.717, 1.165) is 12.0 Å². The van der Waals surface area contributed by atoms with Gasteiger partial charge in [0.15, 0.2) is 0 Å². The van der Waals surface area contributed by atoms with Gasteiger partial charge < -0.3 is 4.52 Å². The zero-order valence-electron chi connectivity index (χ0n) is 10.8. The lowest BCUT2D eigenvalue weighted by atomic mass is 10.2. The molecule has 0 aliphatic rings. The molecule has 2 aromatic rings. The topological polar surface area (TPSA) is 72.2 Å². The largest absolute Gasteiger partial charge is 0.364 e. The second-order valence-electron chi connectivity index (χ2n) is 4.38. The molecule has 1 aromatic heterocycles. The van der Waals surface area contributed by atoms with Gasteiger partial charge in [0.25, 0.3) is 0 Å². The zero-order chi connectivity index (χ0) is 14.4. The Balaban J connectivity index is 1.81. The summed E-state index contributed by atoms with van der Waals surface area (Å²) in [6.07, 6.45) is 4.58. The van der Waals surface area contributed by atoms with Crippen molar-refractivity contribution in [3.63, 3.8) is 0 Å². The highest BCUT2D eigenvalue weighted by molar-refractivity contribution is 7.88. The van der Waals surface area contributed by atoms with E-state index in [0.29, 0.717) is 23.6 Å². The SMILES string of the molecule is O=S(=O)(Cc1ccccc1Cl)NCCCc1cnoc1. The van der Waals surface area contributed by atoms with Gasteiger partial charge in [0.1, 0.15) is 6.26 Å². The second kappa shape index (κ2) is 6.88. The number of rotatable bonds is 7. The molecule has 2 rings (SSSR count). The van der Waals surface area contributed by atoms with E-state index < -0.39 is 10.0 Å². The molecule has 20 heavy (non-hydrogen) atoms. The third-order valence-electron chi connectivity index (χ3n) is 2.75. The van der Waals surface area contributed by atoms with Crippen molar-refractivity contribution in [2.45, 2.75) is 18.6 Å². The fourth-order valence-corrected chi connectivity index (χ4v) is 3.24. The molecule has 0 unspecified atom stereocenters. The van der Waals surface area contributed by atoms with Crippen LogP contribution in [-0.2, 0) is 22.2 Å². The maximum Gasteiger partial charge on any atom is 0.215 e. The maximum atomic E-state index is 11.9. The molecule has 0 aliphatic heterocycles. The summed E-state index contributed by atoms with van der Waals surface area (Å²) in [4.78, 5) is 0. The first kappa shape index (κ1) is 15.0. The quantitative estimate of drug-likeness (QED) is 0.796. The molecule has 7 heteroatoms. The third-order valence-corrected chi connectivity index (χ3v) is 4.45. The van der Waals surface area contributed by atoms with Crippen molar-refractivity contribution >= 4 is 21.6 Å². The van der Waals surface area contributed by atoms with Crippen LogP contribution in [0.5, 0.6) is 0 Å². The summed E-state index contributed by atoms with van der Waals surface area (Å²) in [7, 11) is -3.37. The van der Waals surface area contributed by atoms with Crippen molar-refractivity contribution in [2.24, 2.45) is 0 Å². The lowest BCUT2D eigenvalue weighted by Gasteiger charge is -2.07. The Morgan fingerprint density at radius 3 is 2.80 bits per heavy atom. The van der Waals surface area contributed by atoms with Crippen molar-refractivity contribution in [1.29, 1.82) is 0 Å². The molecule has 0 atom stereocenters. The summed E-state index contributed by atoms with van der Waals surface area (Å²) in [6.45, 7) is 0.373. The lowest BCUT2D eigenvalue weighted by molar-refractivity contribution is 0.418. The van der Waals surface area contributed by atoms with Crippen molar-refractivity contribution in [3.05, 3.63) is 52.9 Å². The minimum absolute atomic E-state index is 0.111. The highest BCUT2D eigenvalue weighted by Crippen LogP contribution is 2.17. The molecule has 0 amide bonds. The molecule has 0 spiro atoms. The molecule has 0 saturated heterocycles. The van der Waals surface area contributed by atoms with Crippen LogP contribution in [0.25, 0.3) is 0 Å². The zero-order valence-corrected chi connectivity index (χ0v) is 12.3. The Morgan fingerprint density at radius 1 is 1.30 bits per heavy atom. The van der Waals surface area contributed by atoms with Crippen LogP contribution in [0.3, 0.4) is 0 Å². The number of aromatic nitrogens is 1. The normalized spacial score (nSPS) is 11.7. The van der Waals surface area contributed by atoms with Crippen LogP contribution in [0.15, 0.2) is 41.2 Å². The number of hydrogen-bond donors (Lipinski definition) is 1. The summed E-state index contributed by atoms with van der Waals surface area (Å²) in [5.41, 5.74) is 1.55. The number of nitrogens with one attached hydrogen (secondary N) is 1. The van der Waals surface area contributed by atoms with Crippen molar-refractivity contribution in [1.82, 2.24) is 9.88 Å². The Kier molecular flexibility index (Phi) is 5.17. The Bertz CT molecular complexity index is 641. The van der Waals surface area contributed by atoms with Crippen molar-refractivity contribution < 1.29 is 12.9 Å². The van der Waals surface area contributed by atoms with Crippen molar-refractivity contribution in [2.75, 3.05) is 6.54 Å². The fraction of sp³-hybridized carbons (Fsp3) is 0.308. The molecule has 0 aliphatic carbocycles. The average molecular weight is 315 g/mol. The van der Waals surface area contributed by atoms with Gasteiger partial charge in [-0.2, -0.15) is 0 Å². The maximum absolute atomic E-state index is 11.9. The predicted octanol–water partition coefficient (Wildman–Crippen LogP) is 2.38. The Hall–Kier alpha value is -1.37. The van der Waals surface area contributed by atoms with Gasteiger partial charge in [0, 0.05) is 17.1 Å². The van der Waals surface area contributed by atoms with Gasteiger partial charge in [-0.25, -0.2) is 13.1 Å². The Labute approximate surface area is 123 Å². The van der Waals surface area contributed by atoms with E-state index in [9.17, 15) is 8.42 Å². The summed E-state index contributed by atoms with van der Waals surface area (Å²) >= 11 is 5.95. The van der Waals surface area contributed by atoms with E-state index >= 15 is 0 Å². The van der Waals surface area contributed by atoms with Crippen molar-refractivity contribution in [3.8, 4) is 0 Å². The van der Waals surface area contributed by atoms with Gasteiger partial charge in [0.05, 0.1) is 11.9 Å². The van der Waals surface area contributed by atoms with Gasteiger partial charge in [-0.1, -0.05) is 35.0 Å². The van der Waals surface area contributed by atoms with E-state index in [1.54, 1.807) is 36.7 Å². The lowest BCUT2D eigenvalue weighted by Crippen LogP contribution is -2.26. The molecular weight excluding hydrogens is 300 g/mol. The molecule has 0 radical (unpaired) electrons. The number of nitrogens with zero attached hydrogens (tertiary/aromatic N) is 1. The summed E-state index contributed by atoms with van der Waals surface area (Å²) in [5.74, 6) is -0.111. The summed E-state index contributed by atoms with van der Waals surface area (Å²) in [5, 5.41) is 4.05. The molecule has 0 saturated carbocycles. The minimum atomic E-state index is -3.37. The van der Waals surface area contributed by atoms with Gasteiger partial charge >= 0.3 is 0 Å². The predicted molar refractivity (Wildman–Crippen MR) is 76.9 cm³/mol. The van der Waals surface area contributed by atoms with Gasteiger partial charge in [-0.15, -0.1) is 0 Å². The molecule has 0 bridgehead atoms. The van der Waals surface area contributed by atoms with E-state index in [-0.39, 0.29) is 5.75 Å². The van der Waals surface area contributed by atoms with Crippen LogP contribution in [-0.4, -0.2) is 20.1 Å². The highest BCUT2D eigenvalue weighted by Gasteiger charge is 2.12. The fourth-order valence-electron chi connectivity index (χ4n) is 1.74. The molecular formula is C13H15ClN2O3S. The van der Waals surface area contributed by atoms with E-state index in [4.69, 9.17) is 16.1 Å². The Morgan fingerprint density at radius 2 is 2.10 bits per heavy atom. The summed E-state index contributed by atoms with van der Waals surface area (Å²) in [6, 6.07) is 6.92. The van der Waals surface area contributed by atoms with Crippen LogP contribution >= 0.6 is 11.6 Å². The number of sulfonamides is 1. The number of hydrogen-bond acceptors (Lipinski definition) is 4. The first-order valence-electron chi connectivity index (χ1n) is 6.16. The smallest absolute Gasteiger partial charge is 0.215 e. The first-order chi connectivity index (χ1) is 9.57. The standard InChI is InChI=1S/C13H15ClN2O3S/c14-13-6-2-1-5-12(13)10-20(17,18)16-7-3-4-11-8-15-19-9-11/h1-2,5-6,8-9,16H,3-4,7,10H2. The molecule has 1 heterocycles. The van der Waals surface area contributed by atoms with E-state index in [1.807, 2.05) is 0 Å². The third kappa shape index (κ3) is 4.63. The average Bonchev–Trinajstić information content (AvgIpc) is 2.90. The van der Waals surface area contributed by atoms with Gasteiger partial charge in [-0.3, -0.25) is 0 Å². The van der Waals surface area contributed by atoms with Crippen LogP contribution in [0.4, 0.5) is 0 Å². The monoisotopic (exact) mass is 314 g/mol. The molecule has 1 N–H and O–H groups in total. The number of benzene rings is 1. The molecule has 5 nitrogen and oxygen atoms in total. The van der Waals surface area contributed by atoms with Gasteiger partial charge in [0.2, 0.25) is 10.0 Å². The summed E-state index contributed by atoms with van der Waals surface area (Å²) < 4.78 is 31.1.